The maximum Gasteiger partial charge on any atom is 0.320 e. The highest BCUT2D eigenvalue weighted by Gasteiger charge is 2.59. The van der Waals surface area contributed by atoms with E-state index in [1.165, 1.54) is 7.11 Å². The maximum absolute atomic E-state index is 12.4. The number of ether oxygens (including phenoxy) is 1. The average molecular weight is 274 g/mol. The number of carbonyl (C=O) groups is 2. The van der Waals surface area contributed by atoms with Gasteiger partial charge in [0.05, 0.1) is 7.11 Å². The van der Waals surface area contributed by atoms with Crippen LogP contribution in [0.1, 0.15) is 31.7 Å². The van der Waals surface area contributed by atoms with E-state index in [9.17, 15) is 14.7 Å². The highest BCUT2D eigenvalue weighted by atomic mass is 16.5. The molecule has 0 spiro atoms. The molecule has 0 amide bonds. The number of esters is 1. The first-order valence-electron chi connectivity index (χ1n) is 6.58. The molecule has 4 heteroatoms. The number of allylic oxidation sites excluding steroid dienone is 2. The zero-order chi connectivity index (χ0) is 14.9. The number of rotatable bonds is 3. The summed E-state index contributed by atoms with van der Waals surface area (Å²) in [5.74, 6) is -1.93. The number of aliphatic hydroxyl groups excluding tert-OH is 1. The fourth-order valence-corrected chi connectivity index (χ4v) is 3.11. The molecular formula is C16H18O4. The van der Waals surface area contributed by atoms with Gasteiger partial charge in [0.2, 0.25) is 5.78 Å². The van der Waals surface area contributed by atoms with Crippen LogP contribution in [-0.2, 0) is 14.3 Å². The predicted molar refractivity (Wildman–Crippen MR) is 74.3 cm³/mol. The molecular weight excluding hydrogens is 256 g/mol. The van der Waals surface area contributed by atoms with Gasteiger partial charge >= 0.3 is 5.97 Å². The van der Waals surface area contributed by atoms with E-state index in [4.69, 9.17) is 4.74 Å². The summed E-state index contributed by atoms with van der Waals surface area (Å²) in [7, 11) is 1.26. The lowest BCUT2D eigenvalue weighted by atomic mass is 9.69. The minimum atomic E-state index is -1.36. The molecule has 0 fully saturated rings. The number of ketones is 1. The molecule has 0 saturated carbocycles. The van der Waals surface area contributed by atoms with Gasteiger partial charge in [0.15, 0.2) is 5.76 Å². The molecule has 1 aromatic carbocycles. The quantitative estimate of drug-likeness (QED) is 0.680. The first-order chi connectivity index (χ1) is 9.50. The van der Waals surface area contributed by atoms with Crippen molar-refractivity contribution >= 4 is 11.8 Å². The Hall–Kier alpha value is -2.10. The second-order valence-electron chi connectivity index (χ2n) is 5.02. The molecule has 4 nitrogen and oxygen atoms in total. The molecule has 0 unspecified atom stereocenters. The topological polar surface area (TPSA) is 63.6 Å². The van der Waals surface area contributed by atoms with Crippen LogP contribution in [0.25, 0.3) is 0 Å². The third-order valence-corrected chi connectivity index (χ3v) is 4.16. The van der Waals surface area contributed by atoms with Gasteiger partial charge in [-0.3, -0.25) is 9.59 Å². The van der Waals surface area contributed by atoms with Crippen LogP contribution in [0.15, 0.2) is 41.7 Å². The summed E-state index contributed by atoms with van der Waals surface area (Å²) in [4.78, 5) is 24.7. The second kappa shape index (κ2) is 5.12. The Morgan fingerprint density at radius 2 is 1.95 bits per heavy atom. The average Bonchev–Trinajstić information content (AvgIpc) is 2.69. The van der Waals surface area contributed by atoms with Crippen molar-refractivity contribution in [2.24, 2.45) is 5.41 Å². The van der Waals surface area contributed by atoms with Gasteiger partial charge in [-0.1, -0.05) is 37.3 Å². The van der Waals surface area contributed by atoms with Crippen LogP contribution in [0.3, 0.4) is 0 Å². The largest absolute Gasteiger partial charge is 0.504 e. The van der Waals surface area contributed by atoms with Crippen molar-refractivity contribution in [3.63, 3.8) is 0 Å². The van der Waals surface area contributed by atoms with E-state index in [1.54, 1.807) is 13.8 Å². The minimum absolute atomic E-state index is 0.277. The van der Waals surface area contributed by atoms with Gasteiger partial charge < -0.3 is 9.84 Å². The zero-order valence-corrected chi connectivity index (χ0v) is 11.8. The lowest BCUT2D eigenvalue weighted by Gasteiger charge is -2.31. The number of hydrogen-bond acceptors (Lipinski definition) is 4. The molecule has 1 aliphatic rings. The van der Waals surface area contributed by atoms with E-state index in [0.29, 0.717) is 5.57 Å². The van der Waals surface area contributed by atoms with Gasteiger partial charge in [-0.15, -0.1) is 0 Å². The summed E-state index contributed by atoms with van der Waals surface area (Å²) in [6.45, 7) is 3.45. The van der Waals surface area contributed by atoms with Gasteiger partial charge in [0.25, 0.3) is 0 Å². The first-order valence-corrected chi connectivity index (χ1v) is 6.58. The van der Waals surface area contributed by atoms with Crippen LogP contribution in [-0.4, -0.2) is 24.0 Å². The van der Waals surface area contributed by atoms with E-state index < -0.39 is 23.1 Å². The molecule has 20 heavy (non-hydrogen) atoms. The van der Waals surface area contributed by atoms with E-state index in [-0.39, 0.29) is 12.2 Å². The third kappa shape index (κ3) is 1.75. The monoisotopic (exact) mass is 274 g/mol. The van der Waals surface area contributed by atoms with Gasteiger partial charge in [0.1, 0.15) is 5.41 Å². The molecule has 0 aliphatic heterocycles. The Kier molecular flexibility index (Phi) is 3.66. The number of benzene rings is 1. The fourth-order valence-electron chi connectivity index (χ4n) is 3.11. The summed E-state index contributed by atoms with van der Waals surface area (Å²) in [5.41, 5.74) is -0.00678. The molecule has 1 aliphatic carbocycles. The maximum atomic E-state index is 12.4. The summed E-state index contributed by atoms with van der Waals surface area (Å²) in [5, 5.41) is 10.0. The van der Waals surface area contributed by atoms with Gasteiger partial charge in [0, 0.05) is 5.92 Å². The molecule has 2 atom stereocenters. The molecule has 0 radical (unpaired) electrons. The van der Waals surface area contributed by atoms with Crippen LogP contribution >= 0.6 is 0 Å². The zero-order valence-electron chi connectivity index (χ0n) is 11.8. The van der Waals surface area contributed by atoms with Crippen LogP contribution in [0.2, 0.25) is 0 Å². The molecule has 1 aromatic rings. The van der Waals surface area contributed by atoms with E-state index in [1.807, 2.05) is 30.3 Å². The Morgan fingerprint density at radius 1 is 1.35 bits per heavy atom. The second-order valence-corrected chi connectivity index (χ2v) is 5.02. The first kappa shape index (κ1) is 14.3. The Labute approximate surface area is 118 Å². The SMILES string of the molecule is CC[C@@]1(C(=O)OC)C(=O)C(O)=C(C)[C@@H]1c1ccccc1. The Bertz CT molecular complexity index is 573. The van der Waals surface area contributed by atoms with E-state index >= 15 is 0 Å². The predicted octanol–water partition coefficient (Wildman–Crippen LogP) is 2.75. The number of carbonyl (C=O) groups excluding carboxylic acids is 2. The molecule has 106 valence electrons. The highest BCUT2D eigenvalue weighted by molar-refractivity contribution is 6.15. The van der Waals surface area contributed by atoms with Crippen LogP contribution in [0.5, 0.6) is 0 Å². The molecule has 0 bridgehead atoms. The van der Waals surface area contributed by atoms with Crippen LogP contribution in [0, 0.1) is 5.41 Å². The molecule has 0 aromatic heterocycles. The van der Waals surface area contributed by atoms with Crippen molar-refractivity contribution < 1.29 is 19.4 Å². The summed E-state index contributed by atoms with van der Waals surface area (Å²) in [6, 6.07) is 9.27. The molecule has 2 rings (SSSR count). The Balaban J connectivity index is 2.66. The smallest absolute Gasteiger partial charge is 0.320 e. The number of aliphatic hydroxyl groups is 1. The molecule has 1 N–H and O–H groups in total. The van der Waals surface area contributed by atoms with Crippen LogP contribution < -0.4 is 0 Å². The lowest BCUT2D eigenvalue weighted by molar-refractivity contribution is -0.158. The van der Waals surface area contributed by atoms with Crippen molar-refractivity contribution in [1.82, 2.24) is 0 Å². The van der Waals surface area contributed by atoms with E-state index in [2.05, 4.69) is 0 Å². The van der Waals surface area contributed by atoms with Crippen molar-refractivity contribution in [2.75, 3.05) is 7.11 Å². The van der Waals surface area contributed by atoms with Crippen LogP contribution in [0.4, 0.5) is 0 Å². The van der Waals surface area contributed by atoms with Crippen molar-refractivity contribution in [2.45, 2.75) is 26.2 Å². The Morgan fingerprint density at radius 3 is 2.45 bits per heavy atom. The standard InChI is InChI=1S/C16H18O4/c1-4-16(15(19)20-3)12(10(2)13(17)14(16)18)11-8-6-5-7-9-11/h5-9,12,17H,4H2,1-3H3/t12-,16+/m1/s1. The number of Topliss-reactive ketones (excluding diaryl/α,β-unsaturated/α-hetero) is 1. The van der Waals surface area contributed by atoms with Gasteiger partial charge in [-0.05, 0) is 24.5 Å². The minimum Gasteiger partial charge on any atom is -0.504 e. The van der Waals surface area contributed by atoms with Gasteiger partial charge in [-0.25, -0.2) is 0 Å². The van der Waals surface area contributed by atoms with Crippen molar-refractivity contribution in [3.8, 4) is 0 Å². The number of methoxy groups -OCH3 is 1. The molecule has 0 saturated heterocycles. The molecule has 0 heterocycles. The summed E-state index contributed by atoms with van der Waals surface area (Å²) in [6.07, 6.45) is 0.277. The summed E-state index contributed by atoms with van der Waals surface area (Å²) < 4.78 is 4.85. The lowest BCUT2D eigenvalue weighted by Crippen LogP contribution is -2.42. The van der Waals surface area contributed by atoms with Crippen molar-refractivity contribution in [3.05, 3.63) is 47.2 Å². The summed E-state index contributed by atoms with van der Waals surface area (Å²) >= 11 is 0. The van der Waals surface area contributed by atoms with Gasteiger partial charge in [-0.2, -0.15) is 0 Å². The van der Waals surface area contributed by atoms with Crippen molar-refractivity contribution in [1.29, 1.82) is 0 Å². The third-order valence-electron chi connectivity index (χ3n) is 4.16. The highest BCUT2D eigenvalue weighted by Crippen LogP contribution is 2.52. The van der Waals surface area contributed by atoms with E-state index in [0.717, 1.165) is 5.56 Å². The normalized spacial score (nSPS) is 25.9. The number of hydrogen-bond donors (Lipinski definition) is 1. The fraction of sp³-hybridized carbons (Fsp3) is 0.375.